The summed E-state index contributed by atoms with van der Waals surface area (Å²) in [6.07, 6.45) is 6.28. The average Bonchev–Trinajstić information content (AvgIpc) is 2.40. The summed E-state index contributed by atoms with van der Waals surface area (Å²) in [4.78, 5) is 8.82. The molecular formula is C14H16FN3. The molecule has 1 saturated heterocycles. The number of benzene rings is 1. The fraction of sp³-hybridized carbons (Fsp3) is 0.429. The van der Waals surface area contributed by atoms with Crippen molar-refractivity contribution in [1.29, 1.82) is 0 Å². The lowest BCUT2D eigenvalue weighted by molar-refractivity contribution is 0.394. The normalized spacial score (nSPS) is 20.2. The molecule has 1 unspecified atom stereocenters. The summed E-state index contributed by atoms with van der Waals surface area (Å²) in [5, 5.41) is 4.24. The fourth-order valence-electron chi connectivity index (χ4n) is 2.46. The second kappa shape index (κ2) is 4.98. The number of nitrogens with one attached hydrogen (secondary N) is 1. The maximum atomic E-state index is 13.0. The maximum Gasteiger partial charge on any atom is 0.130 e. The van der Waals surface area contributed by atoms with Gasteiger partial charge in [-0.05, 0) is 37.6 Å². The molecule has 1 aliphatic heterocycles. The number of fused-ring (bicyclic) bond motifs is 1. The van der Waals surface area contributed by atoms with Crippen LogP contribution in [0.5, 0.6) is 0 Å². The van der Waals surface area contributed by atoms with E-state index in [-0.39, 0.29) is 5.82 Å². The third-order valence-electron chi connectivity index (χ3n) is 3.43. The molecule has 4 heteroatoms. The molecule has 3 nitrogen and oxygen atoms in total. The monoisotopic (exact) mass is 245 g/mol. The number of halogens is 1. The Balaban J connectivity index is 1.82. The van der Waals surface area contributed by atoms with E-state index in [0.29, 0.717) is 6.04 Å². The van der Waals surface area contributed by atoms with Gasteiger partial charge < -0.3 is 5.32 Å². The van der Waals surface area contributed by atoms with Crippen LogP contribution in [0.3, 0.4) is 0 Å². The Morgan fingerprint density at radius 2 is 2.28 bits per heavy atom. The SMILES string of the molecule is Fc1ccc2nc(CC3CCCCN3)ncc2c1. The number of aromatic nitrogens is 2. The van der Waals surface area contributed by atoms with Crippen molar-refractivity contribution in [3.63, 3.8) is 0 Å². The van der Waals surface area contributed by atoms with Crippen molar-refractivity contribution in [3.8, 4) is 0 Å². The topological polar surface area (TPSA) is 37.8 Å². The molecule has 3 rings (SSSR count). The molecular weight excluding hydrogens is 229 g/mol. The first-order chi connectivity index (χ1) is 8.81. The highest BCUT2D eigenvalue weighted by Gasteiger charge is 2.14. The van der Waals surface area contributed by atoms with Gasteiger partial charge >= 0.3 is 0 Å². The van der Waals surface area contributed by atoms with Crippen molar-refractivity contribution in [2.75, 3.05) is 6.54 Å². The molecule has 0 amide bonds. The van der Waals surface area contributed by atoms with E-state index in [0.717, 1.165) is 29.7 Å². The van der Waals surface area contributed by atoms with E-state index in [9.17, 15) is 4.39 Å². The Labute approximate surface area is 105 Å². The molecule has 1 aromatic heterocycles. The van der Waals surface area contributed by atoms with Gasteiger partial charge in [-0.2, -0.15) is 0 Å². The first-order valence-electron chi connectivity index (χ1n) is 6.46. The summed E-state index contributed by atoms with van der Waals surface area (Å²) in [5.74, 6) is 0.598. The van der Waals surface area contributed by atoms with Crippen molar-refractivity contribution in [3.05, 3.63) is 36.0 Å². The Morgan fingerprint density at radius 1 is 1.33 bits per heavy atom. The number of piperidine rings is 1. The first kappa shape index (κ1) is 11.5. The van der Waals surface area contributed by atoms with Gasteiger partial charge in [-0.15, -0.1) is 0 Å². The standard InChI is InChI=1S/C14H16FN3/c15-11-4-5-13-10(7-11)9-17-14(18-13)8-12-3-1-2-6-16-12/h4-5,7,9,12,16H,1-3,6,8H2. The molecule has 0 spiro atoms. The smallest absolute Gasteiger partial charge is 0.130 e. The zero-order valence-electron chi connectivity index (χ0n) is 10.2. The molecule has 94 valence electrons. The number of hydrogen-bond donors (Lipinski definition) is 1. The van der Waals surface area contributed by atoms with E-state index in [2.05, 4.69) is 15.3 Å². The Bertz CT molecular complexity index is 550. The van der Waals surface area contributed by atoms with Gasteiger partial charge in [0.2, 0.25) is 0 Å². The van der Waals surface area contributed by atoms with Crippen LogP contribution >= 0.6 is 0 Å². The Kier molecular flexibility index (Phi) is 3.19. The van der Waals surface area contributed by atoms with Crippen molar-refractivity contribution >= 4 is 10.9 Å². The summed E-state index contributed by atoms with van der Waals surface area (Å²) in [5.41, 5.74) is 0.817. The van der Waals surface area contributed by atoms with Crippen molar-refractivity contribution < 1.29 is 4.39 Å². The minimum absolute atomic E-state index is 0.243. The number of hydrogen-bond acceptors (Lipinski definition) is 3. The first-order valence-corrected chi connectivity index (χ1v) is 6.46. The van der Waals surface area contributed by atoms with Crippen LogP contribution in [0.15, 0.2) is 24.4 Å². The summed E-state index contributed by atoms with van der Waals surface area (Å²) in [6.45, 7) is 1.09. The van der Waals surface area contributed by atoms with Gasteiger partial charge in [0.05, 0.1) is 5.52 Å². The van der Waals surface area contributed by atoms with E-state index in [4.69, 9.17) is 0 Å². The second-order valence-corrected chi connectivity index (χ2v) is 4.84. The van der Waals surface area contributed by atoms with Crippen molar-refractivity contribution in [2.24, 2.45) is 0 Å². The molecule has 2 heterocycles. The van der Waals surface area contributed by atoms with E-state index < -0.39 is 0 Å². The van der Waals surface area contributed by atoms with E-state index in [1.54, 1.807) is 12.3 Å². The van der Waals surface area contributed by atoms with Gasteiger partial charge in [-0.25, -0.2) is 14.4 Å². The lowest BCUT2D eigenvalue weighted by Crippen LogP contribution is -2.36. The molecule has 0 bridgehead atoms. The van der Waals surface area contributed by atoms with Crippen LogP contribution in [0, 0.1) is 5.82 Å². The van der Waals surface area contributed by atoms with Crippen LogP contribution in [0.25, 0.3) is 10.9 Å². The highest BCUT2D eigenvalue weighted by molar-refractivity contribution is 5.77. The van der Waals surface area contributed by atoms with Gasteiger partial charge in [-0.3, -0.25) is 0 Å². The van der Waals surface area contributed by atoms with Gasteiger partial charge in [-0.1, -0.05) is 6.42 Å². The van der Waals surface area contributed by atoms with Gasteiger partial charge in [0.25, 0.3) is 0 Å². The third kappa shape index (κ3) is 2.48. The van der Waals surface area contributed by atoms with Crippen LogP contribution in [-0.2, 0) is 6.42 Å². The summed E-state index contributed by atoms with van der Waals surface area (Å²) in [6, 6.07) is 5.11. The molecule has 0 saturated carbocycles. The second-order valence-electron chi connectivity index (χ2n) is 4.84. The quantitative estimate of drug-likeness (QED) is 0.883. The predicted octanol–water partition coefficient (Wildman–Crippen LogP) is 2.45. The van der Waals surface area contributed by atoms with E-state index >= 15 is 0 Å². The fourth-order valence-corrected chi connectivity index (χ4v) is 2.46. The zero-order valence-corrected chi connectivity index (χ0v) is 10.2. The highest BCUT2D eigenvalue weighted by atomic mass is 19.1. The third-order valence-corrected chi connectivity index (χ3v) is 3.43. The lowest BCUT2D eigenvalue weighted by Gasteiger charge is -2.22. The molecule has 0 aliphatic carbocycles. The van der Waals surface area contributed by atoms with Crippen LogP contribution in [-0.4, -0.2) is 22.6 Å². The maximum absolute atomic E-state index is 13.0. The molecule has 1 N–H and O–H groups in total. The van der Waals surface area contributed by atoms with E-state index in [1.165, 1.54) is 31.4 Å². The molecule has 2 aromatic rings. The highest BCUT2D eigenvalue weighted by Crippen LogP contribution is 2.15. The van der Waals surface area contributed by atoms with Crippen LogP contribution in [0.1, 0.15) is 25.1 Å². The Morgan fingerprint density at radius 3 is 3.11 bits per heavy atom. The largest absolute Gasteiger partial charge is 0.314 e. The Hall–Kier alpha value is -1.55. The predicted molar refractivity (Wildman–Crippen MR) is 68.8 cm³/mol. The van der Waals surface area contributed by atoms with Crippen molar-refractivity contribution in [2.45, 2.75) is 31.7 Å². The zero-order chi connectivity index (χ0) is 12.4. The van der Waals surface area contributed by atoms with Crippen LogP contribution in [0.2, 0.25) is 0 Å². The van der Waals surface area contributed by atoms with Crippen LogP contribution < -0.4 is 5.32 Å². The summed E-state index contributed by atoms with van der Waals surface area (Å²) in [7, 11) is 0. The van der Waals surface area contributed by atoms with E-state index in [1.807, 2.05) is 0 Å². The number of nitrogens with zero attached hydrogens (tertiary/aromatic N) is 2. The summed E-state index contributed by atoms with van der Waals surface area (Å²) < 4.78 is 13.0. The molecule has 1 atom stereocenters. The van der Waals surface area contributed by atoms with Gasteiger partial charge in [0.15, 0.2) is 0 Å². The molecule has 18 heavy (non-hydrogen) atoms. The molecule has 1 aliphatic rings. The lowest BCUT2D eigenvalue weighted by atomic mass is 10.0. The van der Waals surface area contributed by atoms with Gasteiger partial charge in [0, 0.05) is 24.0 Å². The molecule has 1 aromatic carbocycles. The van der Waals surface area contributed by atoms with Gasteiger partial charge in [0.1, 0.15) is 11.6 Å². The average molecular weight is 245 g/mol. The summed E-state index contributed by atoms with van der Waals surface area (Å²) >= 11 is 0. The van der Waals surface area contributed by atoms with Crippen molar-refractivity contribution in [1.82, 2.24) is 15.3 Å². The molecule has 1 fully saturated rings. The number of rotatable bonds is 2. The minimum atomic E-state index is -0.243. The molecule has 0 radical (unpaired) electrons. The van der Waals surface area contributed by atoms with Crippen LogP contribution in [0.4, 0.5) is 4.39 Å². The minimum Gasteiger partial charge on any atom is -0.314 e.